The molecule has 0 amide bonds. The van der Waals surface area contributed by atoms with Gasteiger partial charge in [-0.15, -0.1) is 0 Å². The van der Waals surface area contributed by atoms with E-state index in [-0.39, 0.29) is 0 Å². The Kier molecular flexibility index (Phi) is 4.90. The third kappa shape index (κ3) is 3.65. The molecule has 0 spiro atoms. The molecule has 1 atom stereocenters. The predicted molar refractivity (Wildman–Crippen MR) is 78.5 cm³/mol. The van der Waals surface area contributed by atoms with Gasteiger partial charge < -0.3 is 5.32 Å². The van der Waals surface area contributed by atoms with Crippen molar-refractivity contribution < 1.29 is 0 Å². The summed E-state index contributed by atoms with van der Waals surface area (Å²) >= 11 is 3.52. The van der Waals surface area contributed by atoms with Gasteiger partial charge in [-0.05, 0) is 36.4 Å². The summed E-state index contributed by atoms with van der Waals surface area (Å²) in [4.78, 5) is 4.40. The number of nitrogens with zero attached hydrogens (tertiary/aromatic N) is 1. The van der Waals surface area contributed by atoms with Crippen LogP contribution in [0, 0.1) is 0 Å². The molecule has 0 saturated carbocycles. The molecule has 1 aromatic carbocycles. The minimum Gasteiger partial charge on any atom is -0.310 e. The molecule has 0 radical (unpaired) electrons. The molecule has 0 fully saturated rings. The Morgan fingerprint density at radius 3 is 2.78 bits per heavy atom. The van der Waals surface area contributed by atoms with Gasteiger partial charge in [-0.25, -0.2) is 0 Å². The summed E-state index contributed by atoms with van der Waals surface area (Å²) in [5.41, 5.74) is 2.40. The Morgan fingerprint density at radius 2 is 2.11 bits per heavy atom. The quantitative estimate of drug-likeness (QED) is 0.910. The topological polar surface area (TPSA) is 24.9 Å². The third-order valence-electron chi connectivity index (χ3n) is 2.84. The highest BCUT2D eigenvalue weighted by Crippen LogP contribution is 2.21. The molecule has 3 heteroatoms. The minimum atomic E-state index is 0.308. The van der Waals surface area contributed by atoms with Crippen LogP contribution < -0.4 is 5.32 Å². The zero-order valence-electron chi connectivity index (χ0n) is 10.4. The summed E-state index contributed by atoms with van der Waals surface area (Å²) in [7, 11) is 0. The van der Waals surface area contributed by atoms with Crippen LogP contribution in [0.3, 0.4) is 0 Å². The maximum atomic E-state index is 4.40. The molecule has 0 aliphatic rings. The van der Waals surface area contributed by atoms with E-state index in [1.807, 2.05) is 24.4 Å². The number of rotatable bonds is 5. The summed E-state index contributed by atoms with van der Waals surface area (Å²) < 4.78 is 1.11. The van der Waals surface area contributed by atoms with Gasteiger partial charge in [0.15, 0.2) is 0 Å². The number of nitrogens with one attached hydrogen (secondary N) is 1. The Hall–Kier alpha value is -1.19. The second kappa shape index (κ2) is 6.66. The van der Waals surface area contributed by atoms with Gasteiger partial charge in [0.1, 0.15) is 0 Å². The fourth-order valence-corrected chi connectivity index (χ4v) is 2.42. The first-order chi connectivity index (χ1) is 8.79. The number of halogens is 1. The van der Waals surface area contributed by atoms with Crippen molar-refractivity contribution in [2.75, 3.05) is 6.54 Å². The van der Waals surface area contributed by atoms with Crippen LogP contribution >= 0.6 is 15.9 Å². The predicted octanol–water partition coefficient (Wildman–Crippen LogP) is 3.74. The van der Waals surface area contributed by atoms with E-state index in [1.165, 1.54) is 5.56 Å². The summed E-state index contributed by atoms with van der Waals surface area (Å²) in [6.07, 6.45) is 2.75. The standard InChI is InChI=1S/C15H17BrN2/c1-2-17-15(11-14-8-3-4-9-18-14)12-6-5-7-13(16)10-12/h3-10,15,17H,2,11H2,1H3. The van der Waals surface area contributed by atoms with Gasteiger partial charge in [-0.1, -0.05) is 41.1 Å². The van der Waals surface area contributed by atoms with Gasteiger partial charge in [0.25, 0.3) is 0 Å². The fourth-order valence-electron chi connectivity index (χ4n) is 2.01. The van der Waals surface area contributed by atoms with E-state index < -0.39 is 0 Å². The van der Waals surface area contributed by atoms with Crippen molar-refractivity contribution in [3.05, 3.63) is 64.4 Å². The fraction of sp³-hybridized carbons (Fsp3) is 0.267. The van der Waals surface area contributed by atoms with Gasteiger partial charge in [0.05, 0.1) is 0 Å². The lowest BCUT2D eigenvalue weighted by atomic mass is 10.0. The Balaban J connectivity index is 2.18. The van der Waals surface area contributed by atoms with Crippen molar-refractivity contribution in [2.45, 2.75) is 19.4 Å². The molecule has 1 aromatic heterocycles. The number of benzene rings is 1. The number of hydrogen-bond acceptors (Lipinski definition) is 2. The van der Waals surface area contributed by atoms with Crippen molar-refractivity contribution in [1.29, 1.82) is 0 Å². The van der Waals surface area contributed by atoms with Gasteiger partial charge in [-0.2, -0.15) is 0 Å². The average Bonchev–Trinajstić information content (AvgIpc) is 2.39. The normalized spacial score (nSPS) is 12.3. The summed E-state index contributed by atoms with van der Waals surface area (Å²) in [6, 6.07) is 14.8. The van der Waals surface area contributed by atoms with Crippen molar-refractivity contribution in [3.63, 3.8) is 0 Å². The zero-order valence-corrected chi connectivity index (χ0v) is 12.0. The van der Waals surface area contributed by atoms with Crippen molar-refractivity contribution >= 4 is 15.9 Å². The molecular weight excluding hydrogens is 288 g/mol. The van der Waals surface area contributed by atoms with Crippen molar-refractivity contribution in [1.82, 2.24) is 10.3 Å². The first-order valence-corrected chi connectivity index (χ1v) is 6.97. The molecule has 0 aliphatic heterocycles. The molecule has 0 aliphatic carbocycles. The molecule has 94 valence electrons. The second-order valence-electron chi connectivity index (χ2n) is 4.19. The molecule has 2 nitrogen and oxygen atoms in total. The van der Waals surface area contributed by atoms with E-state index >= 15 is 0 Å². The van der Waals surface area contributed by atoms with Crippen LogP contribution in [0.15, 0.2) is 53.1 Å². The highest BCUT2D eigenvalue weighted by atomic mass is 79.9. The van der Waals surface area contributed by atoms with Gasteiger partial charge >= 0.3 is 0 Å². The lowest BCUT2D eigenvalue weighted by Gasteiger charge is -2.18. The lowest BCUT2D eigenvalue weighted by molar-refractivity contribution is 0.544. The Labute approximate surface area is 117 Å². The number of pyridine rings is 1. The van der Waals surface area contributed by atoms with E-state index in [1.54, 1.807) is 0 Å². The van der Waals surface area contributed by atoms with Crippen LogP contribution in [-0.4, -0.2) is 11.5 Å². The van der Waals surface area contributed by atoms with E-state index in [0.717, 1.165) is 23.1 Å². The monoisotopic (exact) mass is 304 g/mol. The highest BCUT2D eigenvalue weighted by molar-refractivity contribution is 9.10. The molecule has 2 rings (SSSR count). The first kappa shape index (κ1) is 13.2. The second-order valence-corrected chi connectivity index (χ2v) is 5.11. The van der Waals surface area contributed by atoms with Gasteiger partial charge in [0, 0.05) is 28.8 Å². The molecule has 0 bridgehead atoms. The van der Waals surface area contributed by atoms with Crippen LogP contribution in [0.2, 0.25) is 0 Å². The third-order valence-corrected chi connectivity index (χ3v) is 3.33. The van der Waals surface area contributed by atoms with Crippen LogP contribution in [0.25, 0.3) is 0 Å². The number of aromatic nitrogens is 1. The smallest absolute Gasteiger partial charge is 0.0422 e. The average molecular weight is 305 g/mol. The molecular formula is C15H17BrN2. The first-order valence-electron chi connectivity index (χ1n) is 6.18. The number of hydrogen-bond donors (Lipinski definition) is 1. The molecule has 1 heterocycles. The molecule has 18 heavy (non-hydrogen) atoms. The maximum Gasteiger partial charge on any atom is 0.0422 e. The van der Waals surface area contributed by atoms with Gasteiger partial charge in [-0.3, -0.25) is 4.98 Å². The van der Waals surface area contributed by atoms with Crippen LogP contribution in [0.1, 0.15) is 24.2 Å². The SMILES string of the molecule is CCNC(Cc1ccccn1)c1cccc(Br)c1. The largest absolute Gasteiger partial charge is 0.310 e. The Bertz CT molecular complexity index is 485. The molecule has 1 N–H and O–H groups in total. The van der Waals surface area contributed by atoms with E-state index in [4.69, 9.17) is 0 Å². The van der Waals surface area contributed by atoms with Crippen molar-refractivity contribution in [2.24, 2.45) is 0 Å². The maximum absolute atomic E-state index is 4.40. The van der Waals surface area contributed by atoms with E-state index in [2.05, 4.69) is 57.4 Å². The van der Waals surface area contributed by atoms with Crippen molar-refractivity contribution in [3.8, 4) is 0 Å². The minimum absolute atomic E-state index is 0.308. The van der Waals surface area contributed by atoms with Crippen LogP contribution in [0.4, 0.5) is 0 Å². The zero-order chi connectivity index (χ0) is 12.8. The van der Waals surface area contributed by atoms with Crippen LogP contribution in [0.5, 0.6) is 0 Å². The summed E-state index contributed by atoms with van der Waals surface area (Å²) in [5, 5.41) is 3.51. The van der Waals surface area contributed by atoms with Gasteiger partial charge in [0.2, 0.25) is 0 Å². The summed E-state index contributed by atoms with van der Waals surface area (Å²) in [5.74, 6) is 0. The molecule has 2 aromatic rings. The highest BCUT2D eigenvalue weighted by Gasteiger charge is 2.11. The Morgan fingerprint density at radius 1 is 1.22 bits per heavy atom. The van der Waals surface area contributed by atoms with E-state index in [0.29, 0.717) is 6.04 Å². The molecule has 1 unspecified atom stereocenters. The van der Waals surface area contributed by atoms with E-state index in [9.17, 15) is 0 Å². The summed E-state index contributed by atoms with van der Waals surface area (Å²) in [6.45, 7) is 3.08. The molecule has 0 saturated heterocycles. The number of likely N-dealkylation sites (N-methyl/N-ethyl adjacent to an activating group) is 1. The lowest BCUT2D eigenvalue weighted by Crippen LogP contribution is -2.23. The van der Waals surface area contributed by atoms with Crippen LogP contribution in [-0.2, 0) is 6.42 Å².